The van der Waals surface area contributed by atoms with Crippen molar-refractivity contribution in [2.45, 2.75) is 13.0 Å². The van der Waals surface area contributed by atoms with Crippen molar-refractivity contribution in [2.75, 3.05) is 53.4 Å². The second-order valence-electron chi connectivity index (χ2n) is 4.77. The third-order valence-corrected chi connectivity index (χ3v) is 3.18. The Hall–Kier alpha value is -1.34. The minimum atomic E-state index is -0.424. The topological polar surface area (TPSA) is 73.9 Å². The van der Waals surface area contributed by atoms with Crippen molar-refractivity contribution in [3.63, 3.8) is 0 Å². The standard InChI is InChI=1S/C12H24N4O3/c1-4-19-11(17)8-14-12(18)13-7-10-9-15(2)5-6-16(10)3/h10H,4-9H2,1-3H3,(H2,13,14,18). The minimum Gasteiger partial charge on any atom is -0.465 e. The molecule has 1 atom stereocenters. The number of urea groups is 1. The molecule has 1 rings (SSSR count). The average Bonchev–Trinajstić information content (AvgIpc) is 2.38. The van der Waals surface area contributed by atoms with Crippen LogP contribution < -0.4 is 10.6 Å². The van der Waals surface area contributed by atoms with Gasteiger partial charge >= 0.3 is 12.0 Å². The van der Waals surface area contributed by atoms with Crippen LogP contribution in [0.25, 0.3) is 0 Å². The fourth-order valence-electron chi connectivity index (χ4n) is 1.96. The Kier molecular flexibility index (Phi) is 6.58. The molecule has 1 saturated heterocycles. The van der Waals surface area contributed by atoms with E-state index in [1.54, 1.807) is 6.92 Å². The second-order valence-corrected chi connectivity index (χ2v) is 4.77. The first kappa shape index (κ1) is 15.7. The zero-order valence-electron chi connectivity index (χ0n) is 11.9. The quantitative estimate of drug-likeness (QED) is 0.634. The van der Waals surface area contributed by atoms with Gasteiger partial charge in [-0.1, -0.05) is 0 Å². The SMILES string of the molecule is CCOC(=O)CNC(=O)NCC1CN(C)CCN1C. The Balaban J connectivity index is 2.20. The van der Waals surface area contributed by atoms with E-state index in [-0.39, 0.29) is 12.6 Å². The summed E-state index contributed by atoms with van der Waals surface area (Å²) in [5, 5.41) is 5.25. The molecule has 1 heterocycles. The van der Waals surface area contributed by atoms with Crippen LogP contribution in [-0.2, 0) is 9.53 Å². The number of nitrogens with zero attached hydrogens (tertiary/aromatic N) is 2. The summed E-state index contributed by atoms with van der Waals surface area (Å²) in [7, 11) is 4.12. The van der Waals surface area contributed by atoms with E-state index < -0.39 is 5.97 Å². The number of rotatable bonds is 5. The van der Waals surface area contributed by atoms with E-state index in [2.05, 4.69) is 34.5 Å². The van der Waals surface area contributed by atoms with Gasteiger partial charge in [-0.3, -0.25) is 9.69 Å². The first-order valence-electron chi connectivity index (χ1n) is 6.59. The number of hydrogen-bond acceptors (Lipinski definition) is 5. The van der Waals surface area contributed by atoms with Crippen LogP contribution in [0, 0.1) is 0 Å². The number of likely N-dealkylation sites (N-methyl/N-ethyl adjacent to an activating group) is 2. The molecule has 19 heavy (non-hydrogen) atoms. The van der Waals surface area contributed by atoms with Gasteiger partial charge in [-0.25, -0.2) is 4.79 Å². The number of carbonyl (C=O) groups excluding carboxylic acids is 2. The molecule has 7 heteroatoms. The van der Waals surface area contributed by atoms with Crippen LogP contribution in [0.1, 0.15) is 6.92 Å². The fourth-order valence-corrected chi connectivity index (χ4v) is 1.96. The van der Waals surface area contributed by atoms with Crippen molar-refractivity contribution in [1.82, 2.24) is 20.4 Å². The summed E-state index contributed by atoms with van der Waals surface area (Å²) in [6.07, 6.45) is 0. The third kappa shape index (κ3) is 5.89. The van der Waals surface area contributed by atoms with Gasteiger partial charge in [-0.15, -0.1) is 0 Å². The van der Waals surface area contributed by atoms with Gasteiger partial charge in [0, 0.05) is 32.2 Å². The third-order valence-electron chi connectivity index (χ3n) is 3.18. The molecule has 0 radical (unpaired) electrons. The number of amides is 2. The van der Waals surface area contributed by atoms with Gasteiger partial charge in [0.15, 0.2) is 0 Å². The summed E-state index contributed by atoms with van der Waals surface area (Å²) in [6, 6.07) is -0.0400. The number of nitrogens with one attached hydrogen (secondary N) is 2. The Bertz CT molecular complexity index is 311. The Morgan fingerprint density at radius 2 is 2.00 bits per heavy atom. The van der Waals surface area contributed by atoms with Gasteiger partial charge in [0.1, 0.15) is 6.54 Å². The lowest BCUT2D eigenvalue weighted by atomic mass is 10.2. The number of ether oxygens (including phenoxy) is 1. The van der Waals surface area contributed by atoms with Crippen molar-refractivity contribution < 1.29 is 14.3 Å². The molecular formula is C12H24N4O3. The molecule has 1 fully saturated rings. The molecule has 1 unspecified atom stereocenters. The summed E-state index contributed by atoms with van der Waals surface area (Å²) >= 11 is 0. The highest BCUT2D eigenvalue weighted by Crippen LogP contribution is 2.04. The highest BCUT2D eigenvalue weighted by molar-refractivity contribution is 5.80. The van der Waals surface area contributed by atoms with Gasteiger partial charge < -0.3 is 20.3 Å². The predicted molar refractivity (Wildman–Crippen MR) is 71.9 cm³/mol. The zero-order valence-corrected chi connectivity index (χ0v) is 11.9. The number of piperazine rings is 1. The molecule has 0 bridgehead atoms. The molecule has 0 aliphatic carbocycles. The van der Waals surface area contributed by atoms with E-state index in [4.69, 9.17) is 4.74 Å². The molecule has 0 aromatic rings. The molecule has 0 aromatic carbocycles. The van der Waals surface area contributed by atoms with Crippen LogP contribution in [0.5, 0.6) is 0 Å². The number of esters is 1. The van der Waals surface area contributed by atoms with E-state index >= 15 is 0 Å². The minimum absolute atomic E-state index is 0.0971. The summed E-state index contributed by atoms with van der Waals surface area (Å²) in [5.41, 5.74) is 0. The average molecular weight is 272 g/mol. The van der Waals surface area contributed by atoms with Crippen LogP contribution in [0.3, 0.4) is 0 Å². The van der Waals surface area contributed by atoms with Crippen molar-refractivity contribution in [3.8, 4) is 0 Å². The van der Waals surface area contributed by atoms with E-state index in [0.29, 0.717) is 19.2 Å². The van der Waals surface area contributed by atoms with E-state index in [0.717, 1.165) is 19.6 Å². The van der Waals surface area contributed by atoms with Crippen LogP contribution in [0.15, 0.2) is 0 Å². The fraction of sp³-hybridized carbons (Fsp3) is 0.833. The Morgan fingerprint density at radius 3 is 2.68 bits per heavy atom. The molecule has 1 aliphatic rings. The van der Waals surface area contributed by atoms with E-state index in [1.807, 2.05) is 0 Å². The van der Waals surface area contributed by atoms with Crippen LogP contribution in [0.4, 0.5) is 4.79 Å². The maximum atomic E-state index is 11.5. The smallest absolute Gasteiger partial charge is 0.325 e. The number of hydrogen-bond donors (Lipinski definition) is 2. The summed E-state index contributed by atoms with van der Waals surface area (Å²) in [4.78, 5) is 27.1. The van der Waals surface area contributed by atoms with Crippen molar-refractivity contribution in [1.29, 1.82) is 0 Å². The molecule has 0 aromatic heterocycles. The first-order chi connectivity index (χ1) is 9.02. The lowest BCUT2D eigenvalue weighted by molar-refractivity contribution is -0.141. The largest absolute Gasteiger partial charge is 0.465 e. The highest BCUT2D eigenvalue weighted by Gasteiger charge is 2.22. The van der Waals surface area contributed by atoms with Crippen molar-refractivity contribution in [3.05, 3.63) is 0 Å². The lowest BCUT2D eigenvalue weighted by Gasteiger charge is -2.37. The molecule has 1 aliphatic heterocycles. The molecule has 2 N–H and O–H groups in total. The van der Waals surface area contributed by atoms with Crippen LogP contribution in [0.2, 0.25) is 0 Å². The maximum absolute atomic E-state index is 11.5. The van der Waals surface area contributed by atoms with Gasteiger partial charge in [-0.05, 0) is 21.0 Å². The summed E-state index contributed by atoms with van der Waals surface area (Å²) < 4.78 is 4.72. The number of carbonyl (C=O) groups is 2. The normalized spacial score (nSPS) is 20.9. The molecule has 2 amide bonds. The van der Waals surface area contributed by atoms with Gasteiger partial charge in [-0.2, -0.15) is 0 Å². The van der Waals surface area contributed by atoms with E-state index in [1.165, 1.54) is 0 Å². The van der Waals surface area contributed by atoms with Crippen molar-refractivity contribution in [2.24, 2.45) is 0 Å². The Labute approximate surface area is 114 Å². The molecule has 110 valence electrons. The predicted octanol–water partition coefficient (Wildman–Crippen LogP) is -0.905. The monoisotopic (exact) mass is 272 g/mol. The maximum Gasteiger partial charge on any atom is 0.325 e. The zero-order chi connectivity index (χ0) is 14.3. The molecule has 0 spiro atoms. The van der Waals surface area contributed by atoms with Crippen LogP contribution >= 0.6 is 0 Å². The second kappa shape index (κ2) is 7.96. The summed E-state index contributed by atoms with van der Waals surface area (Å²) in [6.45, 7) is 5.48. The first-order valence-corrected chi connectivity index (χ1v) is 6.59. The lowest BCUT2D eigenvalue weighted by Crippen LogP contribution is -2.55. The van der Waals surface area contributed by atoms with E-state index in [9.17, 15) is 9.59 Å². The Morgan fingerprint density at radius 1 is 1.26 bits per heavy atom. The summed E-state index contributed by atoms with van der Waals surface area (Å²) in [5.74, 6) is -0.424. The molecule has 0 saturated carbocycles. The molecule has 7 nitrogen and oxygen atoms in total. The highest BCUT2D eigenvalue weighted by atomic mass is 16.5. The van der Waals surface area contributed by atoms with Gasteiger partial charge in [0.05, 0.1) is 6.61 Å². The van der Waals surface area contributed by atoms with Crippen LogP contribution in [-0.4, -0.2) is 81.3 Å². The van der Waals surface area contributed by atoms with Gasteiger partial charge in [0.2, 0.25) is 0 Å². The van der Waals surface area contributed by atoms with Crippen molar-refractivity contribution >= 4 is 12.0 Å². The molecular weight excluding hydrogens is 248 g/mol. The van der Waals surface area contributed by atoms with Gasteiger partial charge in [0.25, 0.3) is 0 Å².